The first-order chi connectivity index (χ1) is 9.94. The lowest BCUT2D eigenvalue weighted by Crippen LogP contribution is -2.34. The molecule has 0 aliphatic carbocycles. The fourth-order valence-electron chi connectivity index (χ4n) is 2.27. The number of benzene rings is 1. The van der Waals surface area contributed by atoms with Crippen LogP contribution in [0.5, 0.6) is 5.75 Å². The molecule has 0 radical (unpaired) electrons. The monoisotopic (exact) mass is 317 g/mol. The summed E-state index contributed by atoms with van der Waals surface area (Å²) in [7, 11) is -2.85. The number of nitrogens with one attached hydrogen (secondary N) is 1. The van der Waals surface area contributed by atoms with Gasteiger partial charge in [0.05, 0.1) is 11.5 Å². The smallest absolute Gasteiger partial charge is 0.150 e. The van der Waals surface area contributed by atoms with Crippen LogP contribution in [0.1, 0.15) is 6.42 Å². The first-order valence-electron chi connectivity index (χ1n) is 6.92. The number of aliphatic hydroxyl groups is 1. The van der Waals surface area contributed by atoms with E-state index < -0.39 is 15.9 Å². The Hall–Kier alpha value is -1.18. The molecule has 1 saturated heterocycles. The Morgan fingerprint density at radius 3 is 2.71 bits per heavy atom. The Morgan fingerprint density at radius 2 is 2.10 bits per heavy atom. The highest BCUT2D eigenvalue weighted by atomic mass is 32.2. The lowest BCUT2D eigenvalue weighted by molar-refractivity contribution is 0.105. The zero-order valence-electron chi connectivity index (χ0n) is 11.7. The van der Waals surface area contributed by atoms with Crippen LogP contribution in [0, 0.1) is 11.7 Å². The van der Waals surface area contributed by atoms with E-state index in [1.165, 1.54) is 24.3 Å². The minimum Gasteiger partial charge on any atom is -0.491 e. The molecule has 2 unspecified atom stereocenters. The summed E-state index contributed by atoms with van der Waals surface area (Å²) in [5, 5.41) is 12.8. The van der Waals surface area contributed by atoms with Crippen LogP contribution in [0.3, 0.4) is 0 Å². The number of ether oxygens (including phenoxy) is 1. The first kappa shape index (κ1) is 16.2. The molecule has 0 bridgehead atoms. The van der Waals surface area contributed by atoms with Gasteiger partial charge < -0.3 is 15.2 Å². The molecule has 1 aliphatic rings. The van der Waals surface area contributed by atoms with Crippen LogP contribution >= 0.6 is 0 Å². The topological polar surface area (TPSA) is 75.6 Å². The lowest BCUT2D eigenvalue weighted by Gasteiger charge is -2.15. The molecular formula is C14H20FNO4S. The van der Waals surface area contributed by atoms with Crippen molar-refractivity contribution in [3.8, 4) is 5.75 Å². The second-order valence-electron chi connectivity index (χ2n) is 5.35. The summed E-state index contributed by atoms with van der Waals surface area (Å²) in [6.45, 7) is 1.01. The maximum atomic E-state index is 12.7. The molecule has 2 atom stereocenters. The van der Waals surface area contributed by atoms with Crippen LogP contribution in [-0.2, 0) is 9.84 Å². The van der Waals surface area contributed by atoms with Gasteiger partial charge in [0, 0.05) is 6.54 Å². The van der Waals surface area contributed by atoms with Gasteiger partial charge in [-0.2, -0.15) is 0 Å². The standard InChI is InChI=1S/C14H20FNO4S/c15-12-1-3-14(4-2-12)20-9-13(17)8-16-7-11-5-6-21(18,19)10-11/h1-4,11,13,16-17H,5-10H2. The van der Waals surface area contributed by atoms with Gasteiger partial charge in [-0.1, -0.05) is 0 Å². The lowest BCUT2D eigenvalue weighted by atomic mass is 10.1. The van der Waals surface area contributed by atoms with Gasteiger partial charge in [-0.05, 0) is 43.1 Å². The predicted molar refractivity (Wildman–Crippen MR) is 77.5 cm³/mol. The maximum Gasteiger partial charge on any atom is 0.150 e. The van der Waals surface area contributed by atoms with E-state index in [1.54, 1.807) is 0 Å². The van der Waals surface area contributed by atoms with Gasteiger partial charge in [0.25, 0.3) is 0 Å². The SMILES string of the molecule is O=S1(=O)CCC(CNCC(O)COc2ccc(F)cc2)C1. The minimum atomic E-state index is -2.85. The number of aliphatic hydroxyl groups excluding tert-OH is 1. The highest BCUT2D eigenvalue weighted by Gasteiger charge is 2.27. The minimum absolute atomic E-state index is 0.0988. The molecule has 1 fully saturated rings. The van der Waals surface area contributed by atoms with Gasteiger partial charge >= 0.3 is 0 Å². The molecule has 7 heteroatoms. The largest absolute Gasteiger partial charge is 0.491 e. The molecule has 0 amide bonds. The number of sulfone groups is 1. The van der Waals surface area contributed by atoms with Crippen LogP contribution < -0.4 is 10.1 Å². The van der Waals surface area contributed by atoms with Crippen molar-refractivity contribution in [2.24, 2.45) is 5.92 Å². The van der Waals surface area contributed by atoms with E-state index >= 15 is 0 Å². The Kier molecular flexibility index (Phi) is 5.55. The number of halogens is 1. The summed E-state index contributed by atoms with van der Waals surface area (Å²) in [5.74, 6) is 0.770. The number of hydrogen-bond donors (Lipinski definition) is 2. The predicted octanol–water partition coefficient (Wildman–Crippen LogP) is 0.590. The van der Waals surface area contributed by atoms with Crippen LogP contribution in [0.25, 0.3) is 0 Å². The van der Waals surface area contributed by atoms with E-state index in [0.29, 0.717) is 25.3 Å². The van der Waals surface area contributed by atoms with E-state index in [-0.39, 0.29) is 29.8 Å². The molecule has 1 heterocycles. The van der Waals surface area contributed by atoms with Gasteiger partial charge in [-0.3, -0.25) is 0 Å². The second kappa shape index (κ2) is 7.20. The third-order valence-corrected chi connectivity index (χ3v) is 5.23. The van der Waals surface area contributed by atoms with Crippen molar-refractivity contribution in [2.75, 3.05) is 31.2 Å². The van der Waals surface area contributed by atoms with Gasteiger partial charge in [0.2, 0.25) is 0 Å². The van der Waals surface area contributed by atoms with Gasteiger partial charge in [0.15, 0.2) is 9.84 Å². The Bertz CT molecular complexity index is 547. The summed E-state index contributed by atoms with van der Waals surface area (Å²) in [5.41, 5.74) is 0. The fraction of sp³-hybridized carbons (Fsp3) is 0.571. The van der Waals surface area contributed by atoms with E-state index in [4.69, 9.17) is 4.74 Å². The van der Waals surface area contributed by atoms with Gasteiger partial charge in [0.1, 0.15) is 24.3 Å². The van der Waals surface area contributed by atoms with Crippen molar-refractivity contribution in [3.05, 3.63) is 30.1 Å². The summed E-state index contributed by atoms with van der Waals surface area (Å²) in [6.07, 6.45) is -0.0228. The van der Waals surface area contributed by atoms with Gasteiger partial charge in [-0.25, -0.2) is 12.8 Å². The Labute approximate surface area is 124 Å². The molecule has 5 nitrogen and oxygen atoms in total. The third kappa shape index (κ3) is 5.61. The average molecular weight is 317 g/mol. The zero-order valence-corrected chi connectivity index (χ0v) is 12.5. The van der Waals surface area contributed by atoms with Crippen LogP contribution in [0.2, 0.25) is 0 Å². The molecule has 0 aromatic heterocycles. The van der Waals surface area contributed by atoms with Crippen molar-refractivity contribution in [2.45, 2.75) is 12.5 Å². The van der Waals surface area contributed by atoms with Crippen molar-refractivity contribution in [1.29, 1.82) is 0 Å². The number of rotatable bonds is 7. The molecule has 21 heavy (non-hydrogen) atoms. The van der Waals surface area contributed by atoms with Gasteiger partial charge in [-0.15, -0.1) is 0 Å². The summed E-state index contributed by atoms with van der Waals surface area (Å²) >= 11 is 0. The normalized spacial score (nSPS) is 22.1. The van der Waals surface area contributed by atoms with Crippen LogP contribution in [-0.4, -0.2) is 50.8 Å². The molecule has 2 N–H and O–H groups in total. The third-order valence-electron chi connectivity index (χ3n) is 3.40. The highest BCUT2D eigenvalue weighted by molar-refractivity contribution is 7.91. The highest BCUT2D eigenvalue weighted by Crippen LogP contribution is 2.17. The second-order valence-corrected chi connectivity index (χ2v) is 7.57. The van der Waals surface area contributed by atoms with E-state index in [0.717, 1.165) is 0 Å². The molecule has 1 aromatic carbocycles. The van der Waals surface area contributed by atoms with Crippen molar-refractivity contribution in [3.63, 3.8) is 0 Å². The Balaban J connectivity index is 1.61. The van der Waals surface area contributed by atoms with Crippen molar-refractivity contribution >= 4 is 9.84 Å². The maximum absolute atomic E-state index is 12.7. The zero-order chi connectivity index (χ0) is 15.3. The molecule has 2 rings (SSSR count). The summed E-state index contributed by atoms with van der Waals surface area (Å²) in [6, 6.07) is 5.58. The fourth-order valence-corrected chi connectivity index (χ4v) is 4.13. The van der Waals surface area contributed by atoms with Crippen LogP contribution in [0.15, 0.2) is 24.3 Å². The van der Waals surface area contributed by atoms with E-state index in [1.807, 2.05) is 0 Å². The Morgan fingerprint density at radius 1 is 1.38 bits per heavy atom. The average Bonchev–Trinajstić information content (AvgIpc) is 2.78. The van der Waals surface area contributed by atoms with E-state index in [9.17, 15) is 17.9 Å². The first-order valence-corrected chi connectivity index (χ1v) is 8.74. The number of hydrogen-bond acceptors (Lipinski definition) is 5. The van der Waals surface area contributed by atoms with Crippen molar-refractivity contribution in [1.82, 2.24) is 5.32 Å². The van der Waals surface area contributed by atoms with Crippen LogP contribution in [0.4, 0.5) is 4.39 Å². The molecule has 118 valence electrons. The molecule has 0 spiro atoms. The van der Waals surface area contributed by atoms with Crippen molar-refractivity contribution < 1.29 is 22.7 Å². The molecule has 1 aromatic rings. The molecule has 0 saturated carbocycles. The summed E-state index contributed by atoms with van der Waals surface area (Å²) < 4.78 is 40.6. The van der Waals surface area contributed by atoms with E-state index in [2.05, 4.69) is 5.32 Å². The molecule has 1 aliphatic heterocycles. The quantitative estimate of drug-likeness (QED) is 0.770. The summed E-state index contributed by atoms with van der Waals surface area (Å²) in [4.78, 5) is 0. The molecular weight excluding hydrogens is 297 g/mol.